The van der Waals surface area contributed by atoms with Crippen LogP contribution in [0.5, 0.6) is 5.88 Å². The molecule has 1 aromatic heterocycles. The van der Waals surface area contributed by atoms with Crippen molar-refractivity contribution in [2.45, 2.75) is 12.4 Å². The minimum Gasteiger partial charge on any atom is -0.476 e. The first-order valence-electron chi connectivity index (χ1n) is 7.39. The Bertz CT molecular complexity index is 801. The summed E-state index contributed by atoms with van der Waals surface area (Å²) in [7, 11) is 0. The number of hydrogen-bond acceptors (Lipinski definition) is 4. The molecule has 0 saturated carbocycles. The molecule has 1 heterocycles. The van der Waals surface area contributed by atoms with Gasteiger partial charge in [0, 0.05) is 18.0 Å². The molecule has 2 rings (SSSR count). The third-order valence-electron chi connectivity index (χ3n) is 3.31. The highest BCUT2D eigenvalue weighted by Crippen LogP contribution is 2.39. The minimum atomic E-state index is -4.86. The molecule has 0 fully saturated rings. The first-order valence-corrected chi connectivity index (χ1v) is 7.39. The number of hydrogen-bond donors (Lipinski definition) is 0. The summed E-state index contributed by atoms with van der Waals surface area (Å²) in [4.78, 5) is 10.9. The van der Waals surface area contributed by atoms with Crippen LogP contribution >= 0.6 is 0 Å². The molecule has 5 nitrogen and oxygen atoms in total. The lowest BCUT2D eigenvalue weighted by Crippen LogP contribution is -2.37. The fourth-order valence-corrected chi connectivity index (χ4v) is 2.19. The third kappa shape index (κ3) is 6.02. The van der Waals surface area contributed by atoms with Crippen molar-refractivity contribution in [3.8, 4) is 5.88 Å². The molecular formula is C16H12F6N4O. The maximum Gasteiger partial charge on any atom is 0.407 e. The van der Waals surface area contributed by atoms with Crippen molar-refractivity contribution in [2.24, 2.45) is 0 Å². The zero-order valence-corrected chi connectivity index (χ0v) is 13.6. The van der Waals surface area contributed by atoms with Gasteiger partial charge in [0.2, 0.25) is 5.88 Å². The summed E-state index contributed by atoms with van der Waals surface area (Å²) in [5.41, 5.74) is -2.30. The van der Waals surface area contributed by atoms with Crippen molar-refractivity contribution in [2.75, 3.05) is 24.6 Å². The van der Waals surface area contributed by atoms with E-state index in [0.717, 1.165) is 12.1 Å². The third-order valence-corrected chi connectivity index (χ3v) is 3.31. The molecular weight excluding hydrogens is 378 g/mol. The molecule has 0 atom stereocenters. The maximum absolute atomic E-state index is 13.1. The van der Waals surface area contributed by atoms with E-state index < -0.39 is 30.1 Å². The lowest BCUT2D eigenvalue weighted by Gasteiger charge is -2.27. The van der Waals surface area contributed by atoms with Gasteiger partial charge in [0.1, 0.15) is 19.5 Å². The summed E-state index contributed by atoms with van der Waals surface area (Å²) < 4.78 is 82.9. The van der Waals surface area contributed by atoms with Crippen molar-refractivity contribution in [1.29, 1.82) is 0 Å². The summed E-state index contributed by atoms with van der Waals surface area (Å²) in [6.07, 6.45) is -6.96. The van der Waals surface area contributed by atoms with E-state index in [4.69, 9.17) is 11.3 Å². The Kier molecular flexibility index (Phi) is 6.09. The number of aromatic nitrogens is 2. The zero-order chi connectivity index (χ0) is 20.1. The van der Waals surface area contributed by atoms with E-state index in [1.165, 1.54) is 18.6 Å². The van der Waals surface area contributed by atoms with E-state index >= 15 is 0 Å². The fourth-order valence-electron chi connectivity index (χ4n) is 2.19. The fraction of sp³-hybridized carbons (Fsp3) is 0.312. The molecule has 0 bridgehead atoms. The van der Waals surface area contributed by atoms with E-state index in [1.807, 2.05) is 0 Å². The normalized spacial score (nSPS) is 11.7. The summed E-state index contributed by atoms with van der Waals surface area (Å²) in [5.74, 6) is 0.122. The van der Waals surface area contributed by atoms with Gasteiger partial charge in [-0.05, 0) is 12.1 Å². The molecule has 1 aromatic carbocycles. The Morgan fingerprint density at radius 1 is 1.11 bits per heavy atom. The largest absolute Gasteiger partial charge is 0.476 e. The molecule has 11 heteroatoms. The average molecular weight is 390 g/mol. The van der Waals surface area contributed by atoms with Crippen LogP contribution in [0.4, 0.5) is 37.7 Å². The molecule has 0 amide bonds. The van der Waals surface area contributed by atoms with Crippen molar-refractivity contribution in [1.82, 2.24) is 9.97 Å². The van der Waals surface area contributed by atoms with Gasteiger partial charge in [-0.1, -0.05) is 6.07 Å². The molecule has 0 unspecified atom stereocenters. The Balaban J connectivity index is 2.24. The zero-order valence-electron chi connectivity index (χ0n) is 13.6. The first kappa shape index (κ1) is 20.3. The number of benzene rings is 1. The van der Waals surface area contributed by atoms with Gasteiger partial charge in [0.25, 0.3) is 0 Å². The van der Waals surface area contributed by atoms with E-state index in [-0.39, 0.29) is 24.7 Å². The van der Waals surface area contributed by atoms with Crippen LogP contribution in [0.3, 0.4) is 0 Å². The Hall–Kier alpha value is -3.03. The maximum atomic E-state index is 13.1. The van der Waals surface area contributed by atoms with E-state index in [0.29, 0.717) is 11.0 Å². The highest BCUT2D eigenvalue weighted by Gasteiger charge is 2.35. The number of nitrogens with zero attached hydrogens (tertiary/aromatic N) is 4. The van der Waals surface area contributed by atoms with Gasteiger partial charge in [-0.2, -0.15) is 26.3 Å². The lowest BCUT2D eigenvalue weighted by atomic mass is 10.1. The molecule has 0 aliphatic rings. The second-order valence-corrected chi connectivity index (χ2v) is 5.24. The predicted octanol–water partition coefficient (Wildman–Crippen LogP) is 4.49. The molecule has 0 spiro atoms. The number of ether oxygens (including phenoxy) is 1. The monoisotopic (exact) mass is 390 g/mol. The van der Waals surface area contributed by atoms with Gasteiger partial charge in [-0.3, -0.25) is 0 Å². The molecule has 0 aliphatic carbocycles. The Labute approximate surface area is 150 Å². The number of halogens is 6. The topological polar surface area (TPSA) is 42.6 Å². The highest BCUT2D eigenvalue weighted by molar-refractivity contribution is 5.62. The quantitative estimate of drug-likeness (QED) is 0.538. The highest BCUT2D eigenvalue weighted by atomic mass is 19.4. The van der Waals surface area contributed by atoms with Gasteiger partial charge in [-0.15, -0.1) is 0 Å². The van der Waals surface area contributed by atoms with Gasteiger partial charge in [0.05, 0.1) is 18.7 Å². The summed E-state index contributed by atoms with van der Waals surface area (Å²) >= 11 is 0. The number of alkyl halides is 6. The molecule has 0 N–H and O–H groups in total. The van der Waals surface area contributed by atoms with Gasteiger partial charge >= 0.3 is 12.4 Å². The lowest BCUT2D eigenvalue weighted by molar-refractivity contribution is -0.136. The van der Waals surface area contributed by atoms with Crippen LogP contribution in [0.1, 0.15) is 5.56 Å². The number of rotatable bonds is 6. The van der Waals surface area contributed by atoms with Crippen LogP contribution in [-0.4, -0.2) is 35.8 Å². The predicted molar refractivity (Wildman–Crippen MR) is 83.5 cm³/mol. The van der Waals surface area contributed by atoms with Crippen molar-refractivity contribution >= 4 is 11.4 Å². The first-order chi connectivity index (χ1) is 12.6. The van der Waals surface area contributed by atoms with Gasteiger partial charge in [0.15, 0.2) is 5.69 Å². The van der Waals surface area contributed by atoms with Crippen molar-refractivity contribution in [3.63, 3.8) is 0 Å². The Morgan fingerprint density at radius 2 is 1.85 bits per heavy atom. The van der Waals surface area contributed by atoms with E-state index in [2.05, 4.69) is 14.8 Å². The summed E-state index contributed by atoms with van der Waals surface area (Å²) in [5, 5.41) is 0. The molecule has 0 saturated heterocycles. The SMILES string of the molecule is [C-]#[N+]c1ccc(N(CCOc2ccncn2)CC(F)(F)F)cc1C(F)(F)F. The van der Waals surface area contributed by atoms with Crippen LogP contribution in [0.2, 0.25) is 0 Å². The van der Waals surface area contributed by atoms with Crippen molar-refractivity contribution in [3.05, 3.63) is 53.8 Å². The van der Waals surface area contributed by atoms with Crippen LogP contribution in [0.25, 0.3) is 4.85 Å². The van der Waals surface area contributed by atoms with Crippen LogP contribution < -0.4 is 9.64 Å². The van der Waals surface area contributed by atoms with Crippen molar-refractivity contribution < 1.29 is 31.1 Å². The molecule has 0 aliphatic heterocycles. The average Bonchev–Trinajstić information content (AvgIpc) is 2.59. The standard InChI is InChI=1S/C16H12F6N4O/c1-23-13-3-2-11(8-12(13)16(20,21)22)26(9-15(17,18)19)6-7-27-14-4-5-24-10-25-14/h2-5,8,10H,6-7,9H2. The molecule has 2 aromatic rings. The molecule has 144 valence electrons. The second kappa shape index (κ2) is 8.11. The Morgan fingerprint density at radius 3 is 2.41 bits per heavy atom. The molecule has 0 radical (unpaired) electrons. The summed E-state index contributed by atoms with van der Waals surface area (Å²) in [6.45, 7) is 4.71. The smallest absolute Gasteiger partial charge is 0.407 e. The van der Waals surface area contributed by atoms with E-state index in [1.54, 1.807) is 0 Å². The van der Waals surface area contributed by atoms with Crippen LogP contribution in [0.15, 0.2) is 36.8 Å². The number of anilines is 1. The second-order valence-electron chi connectivity index (χ2n) is 5.24. The molecule has 27 heavy (non-hydrogen) atoms. The van der Waals surface area contributed by atoms with Crippen LogP contribution in [0, 0.1) is 6.57 Å². The summed E-state index contributed by atoms with van der Waals surface area (Å²) in [6, 6.07) is 3.81. The van der Waals surface area contributed by atoms with Gasteiger partial charge < -0.3 is 9.64 Å². The van der Waals surface area contributed by atoms with Crippen LogP contribution in [-0.2, 0) is 6.18 Å². The van der Waals surface area contributed by atoms with E-state index in [9.17, 15) is 26.3 Å². The minimum absolute atomic E-state index is 0.122. The van der Waals surface area contributed by atoms with Gasteiger partial charge in [-0.25, -0.2) is 14.8 Å².